The van der Waals surface area contributed by atoms with Gasteiger partial charge in [0.1, 0.15) is 5.92 Å². The average Bonchev–Trinajstić information content (AvgIpc) is 2.01. The fourth-order valence-corrected chi connectivity index (χ4v) is 1.26. The molecule has 0 aromatic rings. The zero-order valence-corrected chi connectivity index (χ0v) is 7.27. The third kappa shape index (κ3) is 1.96. The Morgan fingerprint density at radius 3 is 2.62 bits per heavy atom. The number of aliphatic carboxylic acids is 1. The van der Waals surface area contributed by atoms with Crippen LogP contribution in [0.4, 0.5) is 0 Å². The van der Waals surface area contributed by atoms with Gasteiger partial charge in [-0.25, -0.2) is 0 Å². The number of allylic oxidation sites excluding steroid dienone is 2. The molecule has 0 saturated heterocycles. The van der Waals surface area contributed by atoms with Gasteiger partial charge in [0, 0.05) is 0 Å². The molecule has 0 saturated carbocycles. The van der Waals surface area contributed by atoms with E-state index in [1.807, 2.05) is 6.92 Å². The van der Waals surface area contributed by atoms with Crippen LogP contribution in [0.3, 0.4) is 0 Å². The van der Waals surface area contributed by atoms with Crippen LogP contribution in [0.1, 0.15) is 13.3 Å². The van der Waals surface area contributed by atoms with Crippen molar-refractivity contribution in [2.75, 3.05) is 0 Å². The van der Waals surface area contributed by atoms with Crippen LogP contribution in [-0.2, 0) is 4.79 Å². The van der Waals surface area contributed by atoms with Gasteiger partial charge in [-0.2, -0.15) is 0 Å². The molecule has 1 aliphatic carbocycles. The lowest BCUT2D eigenvalue weighted by Crippen LogP contribution is -2.41. The number of hydrogen-bond donors (Lipinski definition) is 3. The highest BCUT2D eigenvalue weighted by Crippen LogP contribution is 2.26. The Labute approximate surface area is 75.8 Å². The summed E-state index contributed by atoms with van der Waals surface area (Å²) in [5, 5.41) is 27.3. The molecule has 1 aliphatic rings. The largest absolute Gasteiger partial charge is 0.481 e. The molecule has 4 nitrogen and oxygen atoms in total. The molecule has 1 atom stereocenters. The Kier molecular flexibility index (Phi) is 2.54. The van der Waals surface area contributed by atoms with Crippen LogP contribution in [0.5, 0.6) is 0 Å². The van der Waals surface area contributed by atoms with E-state index in [1.54, 1.807) is 6.08 Å². The smallest absolute Gasteiger partial charge is 0.316 e. The second-order valence-electron chi connectivity index (χ2n) is 3.03. The molecule has 0 aromatic carbocycles. The molecule has 0 aromatic heterocycles. The lowest BCUT2D eigenvalue weighted by Gasteiger charge is -2.26. The van der Waals surface area contributed by atoms with E-state index >= 15 is 0 Å². The van der Waals surface area contributed by atoms with Crippen LogP contribution < -0.4 is 0 Å². The minimum Gasteiger partial charge on any atom is -0.481 e. The Balaban J connectivity index is 2.94. The Hall–Kier alpha value is -1.13. The summed E-state index contributed by atoms with van der Waals surface area (Å²) in [4.78, 5) is 10.6. The molecule has 13 heavy (non-hydrogen) atoms. The highest BCUT2D eigenvalue weighted by atomic mass is 16.5. The van der Waals surface area contributed by atoms with Gasteiger partial charge in [-0.15, -0.1) is 0 Å². The summed E-state index contributed by atoms with van der Waals surface area (Å²) >= 11 is 0. The van der Waals surface area contributed by atoms with E-state index in [0.29, 0.717) is 6.42 Å². The molecular formula is C9H12O4. The molecule has 0 radical (unpaired) electrons. The molecule has 0 fully saturated rings. The second-order valence-corrected chi connectivity index (χ2v) is 3.03. The maximum Gasteiger partial charge on any atom is 0.316 e. The lowest BCUT2D eigenvalue weighted by atomic mass is 9.90. The summed E-state index contributed by atoms with van der Waals surface area (Å²) < 4.78 is 0. The monoisotopic (exact) mass is 184 g/mol. The van der Waals surface area contributed by atoms with Crippen molar-refractivity contribution in [3.05, 3.63) is 23.8 Å². The predicted octanol–water partition coefficient (Wildman–Crippen LogP) is 0.274. The van der Waals surface area contributed by atoms with E-state index in [1.165, 1.54) is 12.2 Å². The van der Waals surface area contributed by atoms with Crippen molar-refractivity contribution in [3.63, 3.8) is 0 Å². The highest BCUT2D eigenvalue weighted by molar-refractivity contribution is 5.74. The summed E-state index contributed by atoms with van der Waals surface area (Å²) in [6.45, 7) is 1.85. The molecule has 0 bridgehead atoms. The number of carbonyl (C=O) groups is 1. The predicted molar refractivity (Wildman–Crippen MR) is 45.8 cm³/mol. The second kappa shape index (κ2) is 3.32. The maximum atomic E-state index is 10.6. The molecule has 0 spiro atoms. The quantitative estimate of drug-likeness (QED) is 0.538. The number of carboxylic acids is 1. The van der Waals surface area contributed by atoms with Crippen LogP contribution in [-0.4, -0.2) is 27.1 Å². The van der Waals surface area contributed by atoms with Gasteiger partial charge in [0.2, 0.25) is 5.79 Å². The molecule has 1 rings (SSSR count). The first-order valence-electron chi connectivity index (χ1n) is 4.05. The number of carboxylic acid groups (broad SMARTS) is 1. The van der Waals surface area contributed by atoms with Crippen LogP contribution in [0.25, 0.3) is 0 Å². The van der Waals surface area contributed by atoms with Crippen LogP contribution >= 0.6 is 0 Å². The summed E-state index contributed by atoms with van der Waals surface area (Å²) in [5.74, 6) is -4.78. The summed E-state index contributed by atoms with van der Waals surface area (Å²) in [5.41, 5.74) is 0.725. The van der Waals surface area contributed by atoms with Crippen LogP contribution in [0.2, 0.25) is 0 Å². The van der Waals surface area contributed by atoms with Gasteiger partial charge in [0.25, 0.3) is 0 Å². The molecule has 1 unspecified atom stereocenters. The summed E-state index contributed by atoms with van der Waals surface area (Å²) in [6, 6.07) is 0. The van der Waals surface area contributed by atoms with Crippen molar-refractivity contribution >= 4 is 5.97 Å². The average molecular weight is 184 g/mol. The molecule has 0 aliphatic heterocycles. The molecule has 72 valence electrons. The first kappa shape index (κ1) is 9.95. The van der Waals surface area contributed by atoms with Crippen molar-refractivity contribution < 1.29 is 20.1 Å². The zero-order chi connectivity index (χ0) is 10.1. The van der Waals surface area contributed by atoms with E-state index in [4.69, 9.17) is 5.11 Å². The van der Waals surface area contributed by atoms with Gasteiger partial charge >= 0.3 is 5.97 Å². The van der Waals surface area contributed by atoms with Gasteiger partial charge in [0.05, 0.1) is 0 Å². The first-order chi connectivity index (χ1) is 5.97. The van der Waals surface area contributed by atoms with Gasteiger partial charge in [-0.1, -0.05) is 19.1 Å². The Morgan fingerprint density at radius 1 is 1.62 bits per heavy atom. The minimum absolute atomic E-state index is 0.645. The third-order valence-electron chi connectivity index (χ3n) is 2.03. The minimum atomic E-state index is -2.26. The zero-order valence-electron chi connectivity index (χ0n) is 7.27. The van der Waals surface area contributed by atoms with Crippen molar-refractivity contribution in [1.82, 2.24) is 0 Å². The van der Waals surface area contributed by atoms with Gasteiger partial charge in [0.15, 0.2) is 0 Å². The standard InChI is InChI=1S/C9H12O4/c1-2-6-3-4-7(8(10)11)9(12,13)5-6/h3-5,7,12-13H,2H2,1H3,(H,10,11). The fraction of sp³-hybridized carbons (Fsp3) is 0.444. The van der Waals surface area contributed by atoms with E-state index in [0.717, 1.165) is 5.57 Å². The number of hydrogen-bond acceptors (Lipinski definition) is 3. The number of aliphatic hydroxyl groups is 2. The Morgan fingerprint density at radius 2 is 2.23 bits per heavy atom. The molecule has 4 heteroatoms. The van der Waals surface area contributed by atoms with Gasteiger partial charge in [-0.3, -0.25) is 4.79 Å². The first-order valence-corrected chi connectivity index (χ1v) is 4.05. The van der Waals surface area contributed by atoms with E-state index in [2.05, 4.69) is 0 Å². The van der Waals surface area contributed by atoms with Crippen molar-refractivity contribution in [3.8, 4) is 0 Å². The fourth-order valence-electron chi connectivity index (χ4n) is 1.26. The van der Waals surface area contributed by atoms with E-state index in [9.17, 15) is 15.0 Å². The topological polar surface area (TPSA) is 77.8 Å². The molecule has 0 amide bonds. The van der Waals surface area contributed by atoms with Crippen LogP contribution in [0, 0.1) is 5.92 Å². The molecular weight excluding hydrogens is 172 g/mol. The summed E-state index contributed by atoms with van der Waals surface area (Å²) in [7, 11) is 0. The molecule has 0 heterocycles. The Bertz CT molecular complexity index is 275. The lowest BCUT2D eigenvalue weighted by molar-refractivity contribution is -0.176. The van der Waals surface area contributed by atoms with E-state index < -0.39 is 17.7 Å². The van der Waals surface area contributed by atoms with Gasteiger partial charge in [-0.05, 0) is 18.1 Å². The van der Waals surface area contributed by atoms with Gasteiger partial charge < -0.3 is 15.3 Å². The third-order valence-corrected chi connectivity index (χ3v) is 2.03. The van der Waals surface area contributed by atoms with Crippen molar-refractivity contribution in [2.45, 2.75) is 19.1 Å². The summed E-state index contributed by atoms with van der Waals surface area (Å²) in [6.07, 6.45) is 4.71. The maximum absolute atomic E-state index is 10.6. The van der Waals surface area contributed by atoms with E-state index in [-0.39, 0.29) is 0 Å². The van der Waals surface area contributed by atoms with Crippen LogP contribution in [0.15, 0.2) is 23.8 Å². The molecule has 3 N–H and O–H groups in total. The van der Waals surface area contributed by atoms with Crippen molar-refractivity contribution in [1.29, 1.82) is 0 Å². The SMILES string of the molecule is CCC1=CC(O)(O)C(C(=O)O)C=C1. The number of rotatable bonds is 2. The highest BCUT2D eigenvalue weighted by Gasteiger charge is 2.38. The normalized spacial score (nSPS) is 25.5. The van der Waals surface area contributed by atoms with Crippen molar-refractivity contribution in [2.24, 2.45) is 5.92 Å².